The van der Waals surface area contributed by atoms with E-state index in [1.165, 1.54) is 23.8 Å². The van der Waals surface area contributed by atoms with Gasteiger partial charge in [0.1, 0.15) is 30.0 Å². The van der Waals surface area contributed by atoms with Gasteiger partial charge in [-0.05, 0) is 114 Å². The maximum atomic E-state index is 13.5. The fourth-order valence-corrected chi connectivity index (χ4v) is 8.41. The minimum absolute atomic E-state index is 0.0859. The first kappa shape index (κ1) is 40.0. The lowest BCUT2D eigenvalue weighted by molar-refractivity contribution is -0.116. The van der Waals surface area contributed by atoms with Crippen molar-refractivity contribution >= 4 is 34.4 Å². The molecule has 5 aromatic rings. The summed E-state index contributed by atoms with van der Waals surface area (Å²) in [5, 5.41) is 26.7. The minimum atomic E-state index is -1.37. The highest BCUT2D eigenvalue weighted by molar-refractivity contribution is 7.79. The maximum Gasteiger partial charge on any atom is 0.232 e. The van der Waals surface area contributed by atoms with Gasteiger partial charge in [0, 0.05) is 36.9 Å². The zero-order valence-electron chi connectivity index (χ0n) is 33.4. The zero-order valence-corrected chi connectivity index (χ0v) is 34.2. The van der Waals surface area contributed by atoms with Gasteiger partial charge in [-0.3, -0.25) is 13.4 Å². The number of carbonyl (C=O) groups excluding carboxylic acids is 1. The van der Waals surface area contributed by atoms with Crippen molar-refractivity contribution in [2.75, 3.05) is 29.7 Å². The van der Waals surface area contributed by atoms with Gasteiger partial charge in [0.15, 0.2) is 16.7 Å². The molecular weight excluding hydrogens is 741 g/mol. The summed E-state index contributed by atoms with van der Waals surface area (Å²) in [6.45, 7) is 8.51. The molecule has 1 N–H and O–H groups in total. The summed E-state index contributed by atoms with van der Waals surface area (Å²) < 4.78 is 32.5. The molecule has 3 aromatic heterocycles. The fourth-order valence-electron chi connectivity index (χ4n) is 8.11. The van der Waals surface area contributed by atoms with Crippen molar-refractivity contribution in [2.24, 2.45) is 0 Å². The summed E-state index contributed by atoms with van der Waals surface area (Å²) in [7, 11) is 0. The smallest absolute Gasteiger partial charge is 0.232 e. The molecule has 13 nitrogen and oxygen atoms in total. The van der Waals surface area contributed by atoms with E-state index in [9.17, 15) is 14.3 Å². The standard InChI is InChI=1S/C43H52N8O5S/c1-29-11-8-12-30(2)50(29)42-47-46-39-22-20-34(27-49(39)42)56-37-21-19-31(35-16-6-7-17-36(35)37)13-9-18-41(52)45-40-26-38(43(3,4)28-44)48-51(40)32-14-10-15-33(25-32)54-23-24-55-57(5)53/h6-7,10,14-17,20,22,25-27,29-31,37H,8-9,11-13,18-19,21,23-24H2,1-5H3,(H,45,52). The number of hydrogen-bond donors (Lipinski definition) is 1. The summed E-state index contributed by atoms with van der Waals surface area (Å²) in [6, 6.07) is 24.6. The molecule has 0 spiro atoms. The molecule has 1 amide bonds. The predicted octanol–water partition coefficient (Wildman–Crippen LogP) is 7.98. The van der Waals surface area contributed by atoms with Crippen molar-refractivity contribution in [1.29, 1.82) is 5.26 Å². The predicted molar refractivity (Wildman–Crippen MR) is 220 cm³/mol. The molecule has 0 bridgehead atoms. The van der Waals surface area contributed by atoms with Crippen molar-refractivity contribution in [3.63, 3.8) is 0 Å². The van der Waals surface area contributed by atoms with Crippen molar-refractivity contribution in [1.82, 2.24) is 24.4 Å². The van der Waals surface area contributed by atoms with Crippen LogP contribution in [0.5, 0.6) is 11.5 Å². The molecule has 57 heavy (non-hydrogen) atoms. The largest absolute Gasteiger partial charge is 0.491 e. The Morgan fingerprint density at radius 1 is 0.965 bits per heavy atom. The molecule has 5 unspecified atom stereocenters. The van der Waals surface area contributed by atoms with Crippen LogP contribution < -0.4 is 19.7 Å². The number of fused-ring (bicyclic) bond motifs is 2. The average Bonchev–Trinajstić information content (AvgIpc) is 3.82. The van der Waals surface area contributed by atoms with Crippen LogP contribution in [0.4, 0.5) is 11.8 Å². The summed E-state index contributed by atoms with van der Waals surface area (Å²) in [5.41, 5.74) is 3.59. The van der Waals surface area contributed by atoms with E-state index in [2.05, 4.69) is 69.0 Å². The summed E-state index contributed by atoms with van der Waals surface area (Å²) >= 11 is -1.37. The molecule has 7 rings (SSSR count). The molecule has 2 aliphatic rings. The summed E-state index contributed by atoms with van der Waals surface area (Å²) in [5.74, 6) is 2.87. The van der Waals surface area contributed by atoms with E-state index in [1.807, 2.05) is 30.5 Å². The second-order valence-electron chi connectivity index (χ2n) is 15.7. The third-order valence-electron chi connectivity index (χ3n) is 11.1. The van der Waals surface area contributed by atoms with Crippen molar-refractivity contribution in [3.05, 3.63) is 89.7 Å². The van der Waals surface area contributed by atoms with Gasteiger partial charge in [-0.2, -0.15) is 10.4 Å². The monoisotopic (exact) mass is 792 g/mol. The van der Waals surface area contributed by atoms with E-state index in [-0.39, 0.29) is 25.2 Å². The Labute approximate surface area is 337 Å². The van der Waals surface area contributed by atoms with Crippen LogP contribution >= 0.6 is 0 Å². The number of aromatic nitrogens is 5. The number of piperidine rings is 1. The molecule has 1 fully saturated rings. The van der Waals surface area contributed by atoms with Crippen LogP contribution in [0, 0.1) is 11.3 Å². The lowest BCUT2D eigenvalue weighted by atomic mass is 9.79. The topological polar surface area (TPSA) is 149 Å². The number of pyridine rings is 1. The van der Waals surface area contributed by atoms with Gasteiger partial charge in [0.25, 0.3) is 0 Å². The number of nitrogens with zero attached hydrogens (tertiary/aromatic N) is 7. The molecule has 300 valence electrons. The van der Waals surface area contributed by atoms with Crippen molar-refractivity contribution in [2.45, 2.75) is 109 Å². The lowest BCUT2D eigenvalue weighted by Crippen LogP contribution is -2.44. The highest BCUT2D eigenvalue weighted by atomic mass is 32.2. The van der Waals surface area contributed by atoms with Gasteiger partial charge < -0.3 is 19.7 Å². The second-order valence-corrected chi connectivity index (χ2v) is 16.8. The van der Waals surface area contributed by atoms with Crippen molar-refractivity contribution < 1.29 is 22.7 Å². The Balaban J connectivity index is 1.000. The van der Waals surface area contributed by atoms with E-state index in [4.69, 9.17) is 18.8 Å². The number of hydrogen-bond acceptors (Lipinski definition) is 10. The average molecular weight is 793 g/mol. The molecule has 1 saturated heterocycles. The maximum absolute atomic E-state index is 13.5. The SMILES string of the molecule is CC1CCCC(C)N1c1nnc2ccc(OC3CCC(CCCC(=O)Nc4cc(C(C)(C)C#N)nn4-c4cccc(OCCOS(C)=O)c4)c4ccccc43)cn12. The minimum Gasteiger partial charge on any atom is -0.491 e. The van der Waals surface area contributed by atoms with Crippen LogP contribution in [0.3, 0.4) is 0 Å². The van der Waals surface area contributed by atoms with E-state index < -0.39 is 16.5 Å². The van der Waals surface area contributed by atoms with Gasteiger partial charge in [-0.25, -0.2) is 8.89 Å². The fraction of sp³-hybridized carbons (Fsp3) is 0.465. The van der Waals surface area contributed by atoms with Crippen LogP contribution in [-0.2, 0) is 25.5 Å². The van der Waals surface area contributed by atoms with E-state index >= 15 is 0 Å². The highest BCUT2D eigenvalue weighted by Crippen LogP contribution is 2.42. The Morgan fingerprint density at radius 3 is 2.53 bits per heavy atom. The van der Waals surface area contributed by atoms with Crippen LogP contribution in [0.2, 0.25) is 0 Å². The Morgan fingerprint density at radius 2 is 1.75 bits per heavy atom. The molecule has 0 radical (unpaired) electrons. The first-order chi connectivity index (χ1) is 27.5. The van der Waals surface area contributed by atoms with Gasteiger partial charge >= 0.3 is 0 Å². The molecule has 0 saturated carbocycles. The van der Waals surface area contributed by atoms with Gasteiger partial charge in [0.2, 0.25) is 11.9 Å². The number of anilines is 2. The van der Waals surface area contributed by atoms with Crippen molar-refractivity contribution in [3.8, 4) is 23.3 Å². The normalized spacial score (nSPS) is 20.1. The first-order valence-corrected chi connectivity index (χ1v) is 21.4. The lowest BCUT2D eigenvalue weighted by Gasteiger charge is -2.39. The number of rotatable bonds is 15. The summed E-state index contributed by atoms with van der Waals surface area (Å²) in [4.78, 5) is 15.9. The first-order valence-electron chi connectivity index (χ1n) is 19.9. The number of nitrogens with one attached hydrogen (secondary N) is 1. The highest BCUT2D eigenvalue weighted by Gasteiger charge is 2.31. The van der Waals surface area contributed by atoms with E-state index in [0.717, 1.165) is 49.4 Å². The number of benzene rings is 2. The number of carbonyl (C=O) groups is 1. The second kappa shape index (κ2) is 17.5. The zero-order chi connectivity index (χ0) is 40.1. The van der Waals surface area contributed by atoms with Crippen LogP contribution in [0.25, 0.3) is 11.3 Å². The van der Waals surface area contributed by atoms with Gasteiger partial charge in [-0.1, -0.05) is 30.3 Å². The molecule has 1 aliphatic heterocycles. The van der Waals surface area contributed by atoms with Crippen LogP contribution in [-0.4, -0.2) is 66.0 Å². The molecular formula is C43H52N8O5S. The van der Waals surface area contributed by atoms with Crippen LogP contribution in [0.15, 0.2) is 72.9 Å². The molecule has 5 atom stereocenters. The van der Waals surface area contributed by atoms with Gasteiger partial charge in [-0.15, -0.1) is 10.2 Å². The van der Waals surface area contributed by atoms with E-state index in [0.29, 0.717) is 53.8 Å². The number of amides is 1. The summed E-state index contributed by atoms with van der Waals surface area (Å²) in [6.07, 6.45) is 10.6. The third kappa shape index (κ3) is 9.16. The molecule has 4 heterocycles. The molecule has 2 aromatic carbocycles. The van der Waals surface area contributed by atoms with Gasteiger partial charge in [0.05, 0.1) is 35.7 Å². The molecule has 14 heteroatoms. The quantitative estimate of drug-likeness (QED) is 0.103. The third-order valence-corrected chi connectivity index (χ3v) is 11.6. The number of nitriles is 1. The number of ether oxygens (including phenoxy) is 2. The molecule has 1 aliphatic carbocycles. The van der Waals surface area contributed by atoms with Crippen LogP contribution in [0.1, 0.15) is 108 Å². The Bertz CT molecular complexity index is 2250. The van der Waals surface area contributed by atoms with E-state index in [1.54, 1.807) is 36.7 Å². The Kier molecular flexibility index (Phi) is 12.3. The Hall–Kier alpha value is -5.26.